The fourth-order valence-corrected chi connectivity index (χ4v) is 1.65. The van der Waals surface area contributed by atoms with E-state index in [0.717, 1.165) is 5.75 Å². The summed E-state index contributed by atoms with van der Waals surface area (Å²) >= 11 is 0. The van der Waals surface area contributed by atoms with E-state index < -0.39 is 0 Å². The Hall–Kier alpha value is -1.88. The number of halogens is 1. The van der Waals surface area contributed by atoms with Gasteiger partial charge in [0, 0.05) is 5.56 Å². The second-order valence-electron chi connectivity index (χ2n) is 3.87. The van der Waals surface area contributed by atoms with E-state index in [1.807, 2.05) is 23.3 Å². The molecule has 0 unspecified atom stereocenters. The lowest BCUT2D eigenvalue weighted by Gasteiger charge is -2.01. The summed E-state index contributed by atoms with van der Waals surface area (Å²) in [5.41, 5.74) is 0.676. The Morgan fingerprint density at radius 3 is 2.63 bits per heavy atom. The van der Waals surface area contributed by atoms with Gasteiger partial charge in [-0.1, -0.05) is 6.58 Å². The number of nitrogens with zero attached hydrogens (tertiary/aromatic N) is 2. The van der Waals surface area contributed by atoms with Gasteiger partial charge in [-0.25, -0.2) is 9.13 Å². The molecule has 0 amide bonds. The van der Waals surface area contributed by atoms with Crippen LogP contribution in [-0.2, 0) is 6.54 Å². The van der Waals surface area contributed by atoms with Crippen molar-refractivity contribution >= 4 is 12.0 Å². The number of hydrogen-bond acceptors (Lipinski definition) is 2. The van der Waals surface area contributed by atoms with Crippen molar-refractivity contribution in [3.8, 4) is 5.75 Å². The summed E-state index contributed by atoms with van der Waals surface area (Å²) in [6.45, 7) is 3.96. The number of ether oxygens (including phenoxy) is 1. The second-order valence-corrected chi connectivity index (χ2v) is 3.87. The quantitative estimate of drug-likeness (QED) is 0.510. The third-order valence-corrected chi connectivity index (χ3v) is 2.66. The Bertz CT molecular complexity index is 561. The monoisotopic (exact) mass is 322 g/mol. The van der Waals surface area contributed by atoms with E-state index in [1.165, 1.54) is 0 Å². The summed E-state index contributed by atoms with van der Waals surface area (Å²) in [5.74, 6) is 0.807. The maximum absolute atomic E-state index is 12.0. The molecular weight excluding hydrogens is 308 g/mol. The molecule has 0 aliphatic rings. The van der Waals surface area contributed by atoms with E-state index in [9.17, 15) is 4.79 Å². The molecule has 1 aromatic heterocycles. The molecular formula is C14H15BrN2O2. The lowest BCUT2D eigenvalue weighted by Crippen LogP contribution is -3.00. The number of carbonyl (C=O) groups excluding carboxylic acids is 1. The largest absolute Gasteiger partial charge is 1.00 e. The van der Waals surface area contributed by atoms with Gasteiger partial charge in [-0.15, -0.1) is 0 Å². The van der Waals surface area contributed by atoms with Crippen LogP contribution >= 0.6 is 0 Å². The molecule has 0 aliphatic carbocycles. The van der Waals surface area contributed by atoms with Gasteiger partial charge in [-0.2, -0.15) is 0 Å². The van der Waals surface area contributed by atoms with E-state index in [4.69, 9.17) is 4.74 Å². The van der Waals surface area contributed by atoms with Crippen LogP contribution in [0.5, 0.6) is 5.75 Å². The van der Waals surface area contributed by atoms with Crippen LogP contribution in [0.2, 0.25) is 0 Å². The van der Waals surface area contributed by atoms with Crippen molar-refractivity contribution < 1.29 is 31.1 Å². The van der Waals surface area contributed by atoms with E-state index in [0.29, 0.717) is 12.1 Å². The molecule has 2 rings (SSSR count). The third kappa shape index (κ3) is 3.79. The van der Waals surface area contributed by atoms with Gasteiger partial charge in [0.05, 0.1) is 13.3 Å². The fraction of sp³-hybridized carbons (Fsp3) is 0.143. The molecule has 0 fully saturated rings. The predicted molar refractivity (Wildman–Crippen MR) is 68.3 cm³/mol. The molecule has 100 valence electrons. The topological polar surface area (TPSA) is 35.1 Å². The number of aromatic nitrogens is 2. The Morgan fingerprint density at radius 2 is 2.11 bits per heavy atom. The molecule has 2 aromatic rings. The van der Waals surface area contributed by atoms with Gasteiger partial charge in [0.1, 0.15) is 18.1 Å². The maximum Gasteiger partial charge on any atom is 0.248 e. The Balaban J connectivity index is 0.00000180. The summed E-state index contributed by atoms with van der Waals surface area (Å²) in [7, 11) is 1.60. The lowest BCUT2D eigenvalue weighted by atomic mass is 10.1. The Labute approximate surface area is 122 Å². The average molecular weight is 323 g/mol. The van der Waals surface area contributed by atoms with Gasteiger partial charge in [0.25, 0.3) is 0 Å². The maximum atomic E-state index is 12.0. The zero-order chi connectivity index (χ0) is 13.0. The summed E-state index contributed by atoms with van der Waals surface area (Å²) in [4.78, 5) is 12.0. The third-order valence-electron chi connectivity index (χ3n) is 2.66. The van der Waals surface area contributed by atoms with Crippen LogP contribution < -0.4 is 26.3 Å². The first-order valence-corrected chi connectivity index (χ1v) is 5.59. The number of methoxy groups -OCH3 is 1. The van der Waals surface area contributed by atoms with E-state index in [1.54, 1.807) is 42.1 Å². The predicted octanol–water partition coefficient (Wildman–Crippen LogP) is -1.23. The van der Waals surface area contributed by atoms with E-state index in [-0.39, 0.29) is 22.8 Å². The standard InChI is InChI=1S/C14H15N2O2.BrH/c1-3-15-8-9-16(11-15)10-14(17)12-4-6-13(18-2)7-5-12;/h3-9,11H,1,10H2,2H3;1H/q+1;/p-1. The molecule has 4 nitrogen and oxygen atoms in total. The highest BCUT2D eigenvalue weighted by molar-refractivity contribution is 5.95. The molecule has 19 heavy (non-hydrogen) atoms. The minimum atomic E-state index is 0. The molecule has 0 saturated carbocycles. The summed E-state index contributed by atoms with van der Waals surface area (Å²) in [6.07, 6.45) is 7.17. The summed E-state index contributed by atoms with van der Waals surface area (Å²) in [5, 5.41) is 0. The van der Waals surface area contributed by atoms with Crippen molar-refractivity contribution in [2.45, 2.75) is 6.54 Å². The zero-order valence-corrected chi connectivity index (χ0v) is 12.2. The highest BCUT2D eigenvalue weighted by Crippen LogP contribution is 2.11. The Kier molecular flexibility index (Phi) is 5.51. The first kappa shape index (κ1) is 15.2. The van der Waals surface area contributed by atoms with Crippen LogP contribution in [0.15, 0.2) is 49.6 Å². The van der Waals surface area contributed by atoms with Gasteiger partial charge in [0.15, 0.2) is 6.54 Å². The van der Waals surface area contributed by atoms with Crippen LogP contribution in [0, 0.1) is 0 Å². The molecule has 1 aromatic carbocycles. The molecule has 0 N–H and O–H groups in total. The van der Waals surface area contributed by atoms with Gasteiger partial charge in [-0.05, 0) is 24.3 Å². The first-order chi connectivity index (χ1) is 8.72. The van der Waals surface area contributed by atoms with E-state index in [2.05, 4.69) is 6.58 Å². The molecule has 0 atom stereocenters. The number of benzene rings is 1. The summed E-state index contributed by atoms with van der Waals surface area (Å²) in [6, 6.07) is 7.11. The number of ketones is 1. The molecule has 0 bridgehead atoms. The zero-order valence-electron chi connectivity index (χ0n) is 10.6. The van der Waals surface area contributed by atoms with Gasteiger partial charge < -0.3 is 21.7 Å². The number of imidazole rings is 1. The molecule has 0 spiro atoms. The highest BCUT2D eigenvalue weighted by Gasteiger charge is 2.10. The van der Waals surface area contributed by atoms with Crippen LogP contribution in [-0.4, -0.2) is 17.5 Å². The number of Topliss-reactive ketones (excluding diaryl/α,β-unsaturated/α-hetero) is 1. The fourth-order valence-electron chi connectivity index (χ4n) is 1.65. The SMILES string of the molecule is C=Cn1cc[n+](CC(=O)c2ccc(OC)cc2)c1.[Br-]. The number of rotatable bonds is 5. The van der Waals surface area contributed by atoms with Gasteiger partial charge >= 0.3 is 0 Å². The van der Waals surface area contributed by atoms with Crippen molar-refractivity contribution in [3.05, 3.63) is 55.1 Å². The minimum Gasteiger partial charge on any atom is -1.00 e. The highest BCUT2D eigenvalue weighted by atomic mass is 79.9. The lowest BCUT2D eigenvalue weighted by molar-refractivity contribution is -0.682. The molecule has 0 aliphatic heterocycles. The van der Waals surface area contributed by atoms with Crippen LogP contribution in [0.25, 0.3) is 6.20 Å². The number of hydrogen-bond donors (Lipinski definition) is 0. The van der Waals surface area contributed by atoms with Crippen molar-refractivity contribution in [1.29, 1.82) is 0 Å². The molecule has 5 heteroatoms. The smallest absolute Gasteiger partial charge is 0.248 e. The molecule has 0 saturated heterocycles. The molecule has 1 heterocycles. The minimum absolute atomic E-state index is 0. The van der Waals surface area contributed by atoms with Crippen LogP contribution in [0.4, 0.5) is 0 Å². The van der Waals surface area contributed by atoms with Crippen LogP contribution in [0.1, 0.15) is 10.4 Å². The second kappa shape index (κ2) is 6.89. The van der Waals surface area contributed by atoms with Gasteiger partial charge in [-0.3, -0.25) is 4.79 Å². The normalized spacial score (nSPS) is 9.53. The van der Waals surface area contributed by atoms with Gasteiger partial charge in [0.2, 0.25) is 12.1 Å². The van der Waals surface area contributed by atoms with E-state index >= 15 is 0 Å². The first-order valence-electron chi connectivity index (χ1n) is 5.59. The summed E-state index contributed by atoms with van der Waals surface area (Å²) < 4.78 is 8.66. The van der Waals surface area contributed by atoms with Crippen molar-refractivity contribution in [1.82, 2.24) is 4.57 Å². The number of carbonyl (C=O) groups is 1. The Morgan fingerprint density at radius 1 is 1.42 bits per heavy atom. The van der Waals surface area contributed by atoms with Crippen molar-refractivity contribution in [2.24, 2.45) is 0 Å². The molecule has 0 radical (unpaired) electrons. The average Bonchev–Trinajstić information content (AvgIpc) is 2.86. The van der Waals surface area contributed by atoms with Crippen molar-refractivity contribution in [2.75, 3.05) is 7.11 Å². The van der Waals surface area contributed by atoms with Crippen molar-refractivity contribution in [3.63, 3.8) is 0 Å². The van der Waals surface area contributed by atoms with Crippen LogP contribution in [0.3, 0.4) is 0 Å².